The van der Waals surface area contributed by atoms with E-state index in [4.69, 9.17) is 4.52 Å². The van der Waals surface area contributed by atoms with E-state index in [1.54, 1.807) is 0 Å². The average molecular weight is 265 g/mol. The highest BCUT2D eigenvalue weighted by molar-refractivity contribution is 5.79. The lowest BCUT2D eigenvalue weighted by Gasteiger charge is -2.23. The van der Waals surface area contributed by atoms with Gasteiger partial charge in [-0.1, -0.05) is 12.1 Å². The van der Waals surface area contributed by atoms with Crippen molar-refractivity contribution in [3.05, 3.63) is 17.5 Å². The van der Waals surface area contributed by atoms with Crippen LogP contribution < -0.4 is 5.32 Å². The fourth-order valence-corrected chi connectivity index (χ4v) is 2.41. The van der Waals surface area contributed by atoms with Crippen molar-refractivity contribution in [3.63, 3.8) is 0 Å². The van der Waals surface area contributed by atoms with Gasteiger partial charge >= 0.3 is 0 Å². The minimum Gasteiger partial charge on any atom is -0.359 e. The number of carbonyl (C=O) groups excluding carboxylic acids is 1. The van der Waals surface area contributed by atoms with E-state index in [1.165, 1.54) is 0 Å². The highest BCUT2D eigenvalue weighted by Gasteiger charge is 2.32. The molecule has 106 valence electrons. The first-order valence-corrected chi connectivity index (χ1v) is 7.08. The Balaban J connectivity index is 1.96. The molecule has 1 amide bonds. The number of amides is 1. The average Bonchev–Trinajstić information content (AvgIpc) is 3.03. The van der Waals surface area contributed by atoms with Gasteiger partial charge in [0.2, 0.25) is 5.91 Å². The van der Waals surface area contributed by atoms with Crippen LogP contribution in [0.1, 0.15) is 50.6 Å². The summed E-state index contributed by atoms with van der Waals surface area (Å²) in [4.78, 5) is 14.2. The van der Waals surface area contributed by atoms with E-state index in [0.717, 1.165) is 37.3 Å². The molecule has 0 aromatic carbocycles. The Hall–Kier alpha value is -1.36. The van der Waals surface area contributed by atoms with Gasteiger partial charge in [0.15, 0.2) is 5.76 Å². The van der Waals surface area contributed by atoms with E-state index < -0.39 is 0 Å². The maximum atomic E-state index is 12.3. The SMILES string of the molecule is CCC(C)NCC(=O)N1CCCC1c1cc(C)no1. The van der Waals surface area contributed by atoms with Crippen molar-refractivity contribution >= 4 is 5.91 Å². The maximum Gasteiger partial charge on any atom is 0.237 e. The van der Waals surface area contributed by atoms with E-state index in [1.807, 2.05) is 17.9 Å². The van der Waals surface area contributed by atoms with Crippen LogP contribution in [0.3, 0.4) is 0 Å². The Morgan fingerprint density at radius 3 is 3.11 bits per heavy atom. The molecule has 0 aliphatic carbocycles. The first-order valence-electron chi connectivity index (χ1n) is 7.08. The fourth-order valence-electron chi connectivity index (χ4n) is 2.41. The molecular formula is C14H23N3O2. The summed E-state index contributed by atoms with van der Waals surface area (Å²) in [6, 6.07) is 2.36. The number of aromatic nitrogens is 1. The van der Waals surface area contributed by atoms with Crippen LogP contribution in [-0.4, -0.2) is 35.1 Å². The third kappa shape index (κ3) is 3.35. The second kappa shape index (κ2) is 6.19. The molecule has 5 nitrogen and oxygen atoms in total. The van der Waals surface area contributed by atoms with Gasteiger partial charge in [0.05, 0.1) is 18.3 Å². The largest absolute Gasteiger partial charge is 0.359 e. The van der Waals surface area contributed by atoms with E-state index in [2.05, 4.69) is 24.3 Å². The summed E-state index contributed by atoms with van der Waals surface area (Å²) < 4.78 is 5.31. The number of nitrogens with zero attached hydrogens (tertiary/aromatic N) is 2. The third-order valence-electron chi connectivity index (χ3n) is 3.76. The molecule has 1 saturated heterocycles. The fraction of sp³-hybridized carbons (Fsp3) is 0.714. The molecule has 0 bridgehead atoms. The van der Waals surface area contributed by atoms with E-state index >= 15 is 0 Å². The van der Waals surface area contributed by atoms with Crippen LogP contribution in [0.15, 0.2) is 10.6 Å². The summed E-state index contributed by atoms with van der Waals surface area (Å²) >= 11 is 0. The van der Waals surface area contributed by atoms with Crippen molar-refractivity contribution in [3.8, 4) is 0 Å². The van der Waals surface area contributed by atoms with Crippen molar-refractivity contribution in [1.29, 1.82) is 0 Å². The highest BCUT2D eigenvalue weighted by atomic mass is 16.5. The monoisotopic (exact) mass is 265 g/mol. The topological polar surface area (TPSA) is 58.4 Å². The van der Waals surface area contributed by atoms with Crippen LogP contribution in [0.25, 0.3) is 0 Å². The summed E-state index contributed by atoms with van der Waals surface area (Å²) in [6.45, 7) is 7.31. The Bertz CT molecular complexity index is 430. The number of hydrogen-bond acceptors (Lipinski definition) is 4. The molecule has 5 heteroatoms. The van der Waals surface area contributed by atoms with Crippen molar-refractivity contribution in [2.24, 2.45) is 0 Å². The van der Waals surface area contributed by atoms with Gasteiger partial charge in [-0.05, 0) is 33.1 Å². The summed E-state index contributed by atoms with van der Waals surface area (Å²) in [6.07, 6.45) is 3.02. The lowest BCUT2D eigenvalue weighted by Crippen LogP contribution is -2.40. The van der Waals surface area contributed by atoms with Gasteiger partial charge in [-0.15, -0.1) is 0 Å². The summed E-state index contributed by atoms with van der Waals surface area (Å²) in [5.41, 5.74) is 0.868. The zero-order chi connectivity index (χ0) is 13.8. The van der Waals surface area contributed by atoms with Gasteiger partial charge in [0.1, 0.15) is 0 Å². The second-order valence-corrected chi connectivity index (χ2v) is 5.31. The smallest absolute Gasteiger partial charge is 0.237 e. The molecule has 2 heterocycles. The Labute approximate surface area is 114 Å². The Kier molecular flexibility index (Phi) is 4.58. The molecule has 2 unspecified atom stereocenters. The molecule has 1 aromatic heterocycles. The van der Waals surface area contributed by atoms with Crippen LogP contribution in [-0.2, 0) is 4.79 Å². The van der Waals surface area contributed by atoms with Crippen molar-refractivity contribution in [2.45, 2.75) is 52.1 Å². The molecular weight excluding hydrogens is 242 g/mol. The molecule has 0 saturated carbocycles. The standard InChI is InChI=1S/C14H23N3O2/c1-4-10(2)15-9-14(18)17-7-5-6-12(17)13-8-11(3)16-19-13/h8,10,12,15H,4-7,9H2,1-3H3. The summed E-state index contributed by atoms with van der Waals surface area (Å²) in [5, 5.41) is 7.16. The van der Waals surface area contributed by atoms with Crippen LogP contribution in [0.2, 0.25) is 0 Å². The maximum absolute atomic E-state index is 12.3. The van der Waals surface area contributed by atoms with E-state index in [-0.39, 0.29) is 11.9 Å². The van der Waals surface area contributed by atoms with Gasteiger partial charge in [-0.2, -0.15) is 0 Å². The molecule has 1 aliphatic rings. The summed E-state index contributed by atoms with van der Waals surface area (Å²) in [7, 11) is 0. The van der Waals surface area contributed by atoms with Crippen LogP contribution in [0, 0.1) is 6.92 Å². The zero-order valence-electron chi connectivity index (χ0n) is 12.0. The first-order chi connectivity index (χ1) is 9.11. The predicted molar refractivity (Wildman–Crippen MR) is 72.7 cm³/mol. The van der Waals surface area contributed by atoms with Crippen LogP contribution >= 0.6 is 0 Å². The quantitative estimate of drug-likeness (QED) is 0.885. The number of hydrogen-bond donors (Lipinski definition) is 1. The molecule has 1 aromatic rings. The van der Waals surface area contributed by atoms with Crippen molar-refractivity contribution in [1.82, 2.24) is 15.4 Å². The van der Waals surface area contributed by atoms with Gasteiger partial charge in [-0.3, -0.25) is 4.79 Å². The Morgan fingerprint density at radius 2 is 2.47 bits per heavy atom. The van der Waals surface area contributed by atoms with Gasteiger partial charge in [0, 0.05) is 18.7 Å². The predicted octanol–water partition coefficient (Wildman–Crippen LogP) is 2.03. The first kappa shape index (κ1) is 14.1. The number of carbonyl (C=O) groups is 1. The lowest BCUT2D eigenvalue weighted by molar-refractivity contribution is -0.131. The molecule has 1 aliphatic heterocycles. The molecule has 0 radical (unpaired) electrons. The molecule has 2 atom stereocenters. The zero-order valence-corrected chi connectivity index (χ0v) is 12.0. The van der Waals surface area contributed by atoms with Crippen LogP contribution in [0.4, 0.5) is 0 Å². The summed E-state index contributed by atoms with van der Waals surface area (Å²) in [5.74, 6) is 0.962. The molecule has 1 N–H and O–H groups in total. The molecule has 2 rings (SSSR count). The molecule has 0 spiro atoms. The number of rotatable bonds is 5. The van der Waals surface area contributed by atoms with Gasteiger partial charge in [-0.25, -0.2) is 0 Å². The second-order valence-electron chi connectivity index (χ2n) is 5.31. The van der Waals surface area contributed by atoms with Gasteiger partial charge < -0.3 is 14.7 Å². The normalized spacial score (nSPS) is 20.8. The number of nitrogens with one attached hydrogen (secondary N) is 1. The van der Waals surface area contributed by atoms with Gasteiger partial charge in [0.25, 0.3) is 0 Å². The Morgan fingerprint density at radius 1 is 1.68 bits per heavy atom. The van der Waals surface area contributed by atoms with E-state index in [9.17, 15) is 4.79 Å². The van der Waals surface area contributed by atoms with Crippen molar-refractivity contribution < 1.29 is 9.32 Å². The minimum absolute atomic E-state index is 0.0624. The highest BCUT2D eigenvalue weighted by Crippen LogP contribution is 2.32. The number of likely N-dealkylation sites (tertiary alicyclic amines) is 1. The molecule has 1 fully saturated rings. The molecule has 19 heavy (non-hydrogen) atoms. The van der Waals surface area contributed by atoms with Crippen molar-refractivity contribution in [2.75, 3.05) is 13.1 Å². The van der Waals surface area contributed by atoms with Crippen LogP contribution in [0.5, 0.6) is 0 Å². The minimum atomic E-state index is 0.0624. The third-order valence-corrected chi connectivity index (χ3v) is 3.76. The number of aryl methyl sites for hydroxylation is 1. The lowest BCUT2D eigenvalue weighted by atomic mass is 10.1. The van der Waals surface area contributed by atoms with E-state index in [0.29, 0.717) is 12.6 Å².